The molecule has 4 nitrogen and oxygen atoms in total. The predicted molar refractivity (Wildman–Crippen MR) is 85.9 cm³/mol. The van der Waals surface area contributed by atoms with Crippen LogP contribution in [0.5, 0.6) is 0 Å². The molecule has 2 rings (SSSR count). The number of carboxylic acids is 1. The zero-order valence-corrected chi connectivity index (χ0v) is 13.7. The van der Waals surface area contributed by atoms with Gasteiger partial charge in [0.1, 0.15) is 0 Å². The molecular formula is C18H30O4. The van der Waals surface area contributed by atoms with Gasteiger partial charge in [0.15, 0.2) is 0 Å². The first-order valence-corrected chi connectivity index (χ1v) is 8.88. The van der Waals surface area contributed by atoms with Gasteiger partial charge in [-0.3, -0.25) is 4.79 Å². The second-order valence-corrected chi connectivity index (χ2v) is 6.48. The maximum Gasteiger partial charge on any atom is 0.303 e. The Kier molecular flexibility index (Phi) is 7.40. The molecule has 0 aliphatic carbocycles. The Hall–Kier alpha value is -0.870. The van der Waals surface area contributed by atoms with Crippen LogP contribution in [0.2, 0.25) is 0 Å². The lowest BCUT2D eigenvalue weighted by Crippen LogP contribution is -2.01. The smallest absolute Gasteiger partial charge is 0.303 e. The van der Waals surface area contributed by atoms with Gasteiger partial charge >= 0.3 is 5.97 Å². The number of unbranched alkanes of at least 4 members (excludes halogenated alkanes) is 4. The van der Waals surface area contributed by atoms with E-state index in [4.69, 9.17) is 14.6 Å². The van der Waals surface area contributed by atoms with Crippen molar-refractivity contribution in [3.8, 4) is 0 Å². The summed E-state index contributed by atoms with van der Waals surface area (Å²) in [6.45, 7) is 2.15. The molecule has 4 atom stereocenters. The van der Waals surface area contributed by atoms with E-state index in [1.165, 1.54) is 12.8 Å². The third-order valence-corrected chi connectivity index (χ3v) is 4.49. The Morgan fingerprint density at radius 3 is 2.41 bits per heavy atom. The lowest BCUT2D eigenvalue weighted by molar-refractivity contribution is -0.137. The second-order valence-electron chi connectivity index (χ2n) is 6.48. The van der Waals surface area contributed by atoms with Gasteiger partial charge in [-0.05, 0) is 25.7 Å². The molecule has 0 aromatic carbocycles. The fourth-order valence-electron chi connectivity index (χ4n) is 3.01. The van der Waals surface area contributed by atoms with Gasteiger partial charge < -0.3 is 14.6 Å². The van der Waals surface area contributed by atoms with Crippen LogP contribution in [-0.2, 0) is 14.3 Å². The number of hydrogen-bond acceptors (Lipinski definition) is 3. The summed E-state index contributed by atoms with van der Waals surface area (Å²) >= 11 is 0. The lowest BCUT2D eigenvalue weighted by Gasteiger charge is -1.99. The van der Waals surface area contributed by atoms with E-state index >= 15 is 0 Å². The van der Waals surface area contributed by atoms with Gasteiger partial charge in [-0.2, -0.15) is 0 Å². The van der Waals surface area contributed by atoms with E-state index < -0.39 is 5.97 Å². The number of allylic oxidation sites excluding steroid dienone is 1. The van der Waals surface area contributed by atoms with Crippen LogP contribution in [0.4, 0.5) is 0 Å². The summed E-state index contributed by atoms with van der Waals surface area (Å²) in [7, 11) is 0. The van der Waals surface area contributed by atoms with Crippen LogP contribution in [0.15, 0.2) is 12.2 Å². The molecule has 0 spiro atoms. The summed E-state index contributed by atoms with van der Waals surface area (Å²) < 4.78 is 11.4. The minimum Gasteiger partial charge on any atom is -0.481 e. The zero-order chi connectivity index (χ0) is 15.8. The summed E-state index contributed by atoms with van der Waals surface area (Å²) in [5.41, 5.74) is 0. The first-order valence-electron chi connectivity index (χ1n) is 8.88. The topological polar surface area (TPSA) is 62.4 Å². The van der Waals surface area contributed by atoms with Crippen LogP contribution in [0.25, 0.3) is 0 Å². The minimum absolute atomic E-state index is 0.309. The van der Waals surface area contributed by atoms with Crippen molar-refractivity contribution in [1.82, 2.24) is 0 Å². The maximum absolute atomic E-state index is 10.4. The van der Waals surface area contributed by atoms with Gasteiger partial charge in [-0.25, -0.2) is 0 Å². The van der Waals surface area contributed by atoms with E-state index in [1.807, 2.05) is 0 Å². The van der Waals surface area contributed by atoms with E-state index in [2.05, 4.69) is 19.1 Å². The molecule has 0 saturated carbocycles. The van der Waals surface area contributed by atoms with Gasteiger partial charge in [0.05, 0.1) is 24.4 Å². The summed E-state index contributed by atoms with van der Waals surface area (Å²) in [5, 5.41) is 8.55. The quantitative estimate of drug-likeness (QED) is 0.316. The van der Waals surface area contributed by atoms with Gasteiger partial charge in [0.2, 0.25) is 0 Å². The average Bonchev–Trinajstić information content (AvgIpc) is 3.38. The molecular weight excluding hydrogens is 280 g/mol. The minimum atomic E-state index is -0.681. The Morgan fingerprint density at radius 2 is 1.64 bits per heavy atom. The highest BCUT2D eigenvalue weighted by Crippen LogP contribution is 2.38. The number of hydrogen-bond donors (Lipinski definition) is 1. The SMILES string of the molecule is CC/C=C/CC1OC1CC1OC1CCCCCCCC(=O)O. The molecule has 1 N–H and O–H groups in total. The van der Waals surface area contributed by atoms with Crippen molar-refractivity contribution in [3.63, 3.8) is 0 Å². The van der Waals surface area contributed by atoms with Gasteiger partial charge in [0, 0.05) is 12.8 Å². The number of carboxylic acid groups (broad SMARTS) is 1. The third-order valence-electron chi connectivity index (χ3n) is 4.49. The van der Waals surface area contributed by atoms with E-state index in [0.717, 1.165) is 44.9 Å². The molecule has 0 amide bonds. The highest BCUT2D eigenvalue weighted by atomic mass is 16.6. The fraction of sp³-hybridized carbons (Fsp3) is 0.833. The Labute approximate surface area is 133 Å². The first kappa shape index (κ1) is 17.5. The monoisotopic (exact) mass is 310 g/mol. The van der Waals surface area contributed by atoms with E-state index in [-0.39, 0.29) is 0 Å². The maximum atomic E-state index is 10.4. The summed E-state index contributed by atoms with van der Waals surface area (Å²) in [6.07, 6.45) is 16.2. The molecule has 0 bridgehead atoms. The number of carbonyl (C=O) groups is 1. The third kappa shape index (κ3) is 6.93. The predicted octanol–water partition coefficient (Wildman–Crippen LogP) is 4.08. The summed E-state index contributed by atoms with van der Waals surface area (Å²) in [4.78, 5) is 10.4. The zero-order valence-electron chi connectivity index (χ0n) is 13.7. The largest absolute Gasteiger partial charge is 0.481 e. The van der Waals surface area contributed by atoms with Crippen molar-refractivity contribution in [2.24, 2.45) is 0 Å². The van der Waals surface area contributed by atoms with Crippen LogP contribution in [0, 0.1) is 0 Å². The summed E-state index contributed by atoms with van der Waals surface area (Å²) in [6, 6.07) is 0. The lowest BCUT2D eigenvalue weighted by atomic mass is 10.0. The summed E-state index contributed by atoms with van der Waals surface area (Å²) in [5.74, 6) is -0.681. The Bertz CT molecular complexity index is 366. The second kappa shape index (κ2) is 9.31. The molecule has 2 heterocycles. The Morgan fingerprint density at radius 1 is 0.955 bits per heavy atom. The number of aliphatic carboxylic acids is 1. The molecule has 22 heavy (non-hydrogen) atoms. The first-order chi connectivity index (χ1) is 10.7. The molecule has 0 aromatic heterocycles. The van der Waals surface area contributed by atoms with Crippen LogP contribution >= 0.6 is 0 Å². The fourth-order valence-corrected chi connectivity index (χ4v) is 3.01. The molecule has 0 radical (unpaired) electrons. The van der Waals surface area contributed by atoms with Crippen molar-refractivity contribution in [2.75, 3.05) is 0 Å². The highest BCUT2D eigenvalue weighted by molar-refractivity contribution is 5.66. The number of ether oxygens (including phenoxy) is 2. The van der Waals surface area contributed by atoms with Gasteiger partial charge in [0.25, 0.3) is 0 Å². The van der Waals surface area contributed by atoms with Gasteiger partial charge in [-0.1, -0.05) is 44.8 Å². The normalized spacial score (nSPS) is 29.9. The standard InChI is InChI=1S/C18H30O4/c1-2-3-7-10-14-16(21-14)13-17-15(22-17)11-8-5-4-6-9-12-18(19)20/h3,7,14-17H,2,4-6,8-13H2,1H3,(H,19,20)/b7-3+. The molecule has 0 aromatic rings. The van der Waals surface area contributed by atoms with E-state index in [1.54, 1.807) is 0 Å². The van der Waals surface area contributed by atoms with Crippen LogP contribution in [-0.4, -0.2) is 35.5 Å². The van der Waals surface area contributed by atoms with Crippen LogP contribution in [0.1, 0.15) is 71.1 Å². The van der Waals surface area contributed by atoms with Crippen molar-refractivity contribution >= 4 is 5.97 Å². The molecule has 126 valence electrons. The van der Waals surface area contributed by atoms with Crippen LogP contribution in [0.3, 0.4) is 0 Å². The highest BCUT2D eigenvalue weighted by Gasteiger charge is 2.47. The van der Waals surface area contributed by atoms with E-state index in [0.29, 0.717) is 30.8 Å². The van der Waals surface area contributed by atoms with Crippen molar-refractivity contribution in [2.45, 2.75) is 95.5 Å². The molecule has 2 aliphatic rings. The molecule has 2 aliphatic heterocycles. The molecule has 2 fully saturated rings. The molecule has 2 saturated heterocycles. The van der Waals surface area contributed by atoms with Crippen molar-refractivity contribution in [3.05, 3.63) is 12.2 Å². The average molecular weight is 310 g/mol. The number of rotatable bonds is 13. The molecule has 4 heteroatoms. The van der Waals surface area contributed by atoms with Gasteiger partial charge in [-0.15, -0.1) is 0 Å². The van der Waals surface area contributed by atoms with Crippen molar-refractivity contribution < 1.29 is 19.4 Å². The molecule has 4 unspecified atom stereocenters. The number of epoxide rings is 2. The van der Waals surface area contributed by atoms with Crippen molar-refractivity contribution in [1.29, 1.82) is 0 Å². The van der Waals surface area contributed by atoms with Crippen LogP contribution < -0.4 is 0 Å². The Balaban J connectivity index is 1.38. The van der Waals surface area contributed by atoms with E-state index in [9.17, 15) is 4.79 Å².